The molecule has 0 bridgehead atoms. The summed E-state index contributed by atoms with van der Waals surface area (Å²) in [5.74, 6) is -15.4. The van der Waals surface area contributed by atoms with E-state index in [1.807, 2.05) is 5.32 Å². The van der Waals surface area contributed by atoms with Crippen molar-refractivity contribution in [2.45, 2.75) is 139 Å². The van der Waals surface area contributed by atoms with Gasteiger partial charge < -0.3 is 102 Å². The second-order valence-electron chi connectivity index (χ2n) is 15.9. The van der Waals surface area contributed by atoms with Gasteiger partial charge in [-0.15, -0.1) is 0 Å². The number of amides is 9. The number of rotatable bonds is 36. The molecule has 0 aromatic heterocycles. The van der Waals surface area contributed by atoms with Gasteiger partial charge in [0.15, 0.2) is 5.96 Å². The van der Waals surface area contributed by atoms with Gasteiger partial charge in [0.25, 0.3) is 0 Å². The van der Waals surface area contributed by atoms with Crippen LogP contribution in [0.25, 0.3) is 0 Å². The van der Waals surface area contributed by atoms with Gasteiger partial charge in [-0.3, -0.25) is 57.7 Å². The highest BCUT2D eigenvalue weighted by molar-refractivity contribution is 5.98. The summed E-state index contributed by atoms with van der Waals surface area (Å²) in [6.07, 6.45) is -6.21. The molecule has 0 aliphatic rings. The van der Waals surface area contributed by atoms with Crippen LogP contribution in [0.1, 0.15) is 78.1 Å². The van der Waals surface area contributed by atoms with E-state index in [4.69, 9.17) is 28.7 Å². The fourth-order valence-electron chi connectivity index (χ4n) is 6.01. The molecule has 10 atom stereocenters. The lowest BCUT2D eigenvalue weighted by Crippen LogP contribution is -2.61. The number of primary amides is 1. The lowest BCUT2D eigenvalue weighted by molar-refractivity contribution is -0.143. The number of carboxylic acid groups (broad SMARTS) is 3. The van der Waals surface area contributed by atoms with E-state index in [0.29, 0.717) is 19.4 Å². The number of unbranched alkanes of at least 4 members (excludes halogenated alkanes) is 1. The molecule has 32 heteroatoms. The number of carbonyl (C=O) groups excluding carboxylic acids is 9. The molecule has 0 aromatic carbocycles. The Labute approximate surface area is 405 Å². The summed E-state index contributed by atoms with van der Waals surface area (Å²) < 4.78 is 0. The molecule has 0 saturated heterocycles. The van der Waals surface area contributed by atoms with Crippen LogP contribution in [0.15, 0.2) is 4.99 Å². The molecule has 402 valence electrons. The maximum absolute atomic E-state index is 13.6. The summed E-state index contributed by atoms with van der Waals surface area (Å²) in [6.45, 7) is 0.325. The third-order valence-electron chi connectivity index (χ3n) is 9.85. The molecular formula is C39H68N14O18. The van der Waals surface area contributed by atoms with Crippen LogP contribution in [-0.4, -0.2) is 194 Å². The van der Waals surface area contributed by atoms with Crippen LogP contribution >= 0.6 is 0 Å². The number of aliphatic carboxylic acids is 3. The minimum atomic E-state index is -1.96. The first-order valence-electron chi connectivity index (χ1n) is 22.0. The highest BCUT2D eigenvalue weighted by atomic mass is 16.4. The molecule has 0 fully saturated rings. The molecule has 0 aliphatic heterocycles. The van der Waals surface area contributed by atoms with Crippen molar-refractivity contribution in [2.75, 3.05) is 26.2 Å². The number of nitrogens with one attached hydrogen (secondary N) is 8. The third-order valence-corrected chi connectivity index (χ3v) is 9.85. The van der Waals surface area contributed by atoms with E-state index in [9.17, 15) is 88.2 Å². The Balaban J connectivity index is 6.27. The van der Waals surface area contributed by atoms with Crippen molar-refractivity contribution >= 4 is 77.0 Å². The van der Waals surface area contributed by atoms with Crippen molar-refractivity contribution in [2.24, 2.45) is 33.7 Å². The van der Waals surface area contributed by atoms with Crippen molar-refractivity contribution in [3.8, 4) is 0 Å². The second-order valence-corrected chi connectivity index (χ2v) is 15.9. The number of aliphatic hydroxyl groups excluding tert-OH is 3. The lowest BCUT2D eigenvalue weighted by Gasteiger charge is -2.28. The van der Waals surface area contributed by atoms with Crippen molar-refractivity contribution in [3.63, 3.8) is 0 Å². The Morgan fingerprint density at radius 1 is 0.535 bits per heavy atom. The number of nitrogens with two attached hydrogens (primary N) is 5. The fourth-order valence-corrected chi connectivity index (χ4v) is 6.01. The van der Waals surface area contributed by atoms with Gasteiger partial charge in [-0.05, 0) is 58.9 Å². The van der Waals surface area contributed by atoms with Crippen molar-refractivity contribution in [1.82, 2.24) is 42.5 Å². The van der Waals surface area contributed by atoms with Crippen molar-refractivity contribution < 1.29 is 88.2 Å². The highest BCUT2D eigenvalue weighted by Crippen LogP contribution is 2.08. The summed E-state index contributed by atoms with van der Waals surface area (Å²) in [7, 11) is 0. The summed E-state index contributed by atoms with van der Waals surface area (Å²) >= 11 is 0. The van der Waals surface area contributed by atoms with E-state index in [1.165, 1.54) is 0 Å². The quantitative estimate of drug-likeness (QED) is 0.0157. The standard InChI is InChI=1S/C39H68N14O18/c1-17(55)29(36(68)46-15-26(58)47-23(14-25(42)57)35(67)48-20(7-5-13-45-39(43)44)32(64)51-24(16-54)38(70)71)53-34(66)22(9-11-28(61)62)49-33(65)21(8-10-27(59)60)50-37(69)30(18(2)56)52-31(63)19(41)6-3-4-12-40/h17-24,29-30,54-56H,3-16,40-41H2,1-2H3,(H2,42,57)(H,46,68)(H,47,58)(H,48,67)(H,49,65)(H,50,69)(H,51,64)(H,52,63)(H,53,66)(H,59,60)(H,61,62)(H,70,71)(H4,43,44,45)/t17-,18-,19+,20+,21+,22+,23+,24+,29+,30+/m1/s1. The Morgan fingerprint density at radius 2 is 0.986 bits per heavy atom. The molecule has 0 rings (SSSR count). The molecule has 0 aliphatic carbocycles. The molecule has 32 nitrogen and oxygen atoms in total. The Bertz CT molecular complexity index is 1900. The first kappa shape index (κ1) is 63.7. The maximum Gasteiger partial charge on any atom is 0.328 e. The monoisotopic (exact) mass is 1020 g/mol. The average molecular weight is 1020 g/mol. The smallest absolute Gasteiger partial charge is 0.328 e. The number of hydrogen-bond acceptors (Lipinski definition) is 18. The zero-order valence-electron chi connectivity index (χ0n) is 39.1. The maximum atomic E-state index is 13.6. The number of nitrogens with zero attached hydrogens (tertiary/aromatic N) is 1. The number of aliphatic imine (C=N–C) groups is 1. The predicted molar refractivity (Wildman–Crippen MR) is 243 cm³/mol. The van der Waals surface area contributed by atoms with Gasteiger partial charge in [-0.1, -0.05) is 6.42 Å². The number of carbonyl (C=O) groups is 12. The van der Waals surface area contributed by atoms with Gasteiger partial charge in [0.05, 0.1) is 37.8 Å². The molecule has 0 radical (unpaired) electrons. The van der Waals surface area contributed by atoms with E-state index in [2.05, 4.69) is 42.2 Å². The van der Waals surface area contributed by atoms with Crippen molar-refractivity contribution in [1.29, 1.82) is 0 Å². The summed E-state index contributed by atoms with van der Waals surface area (Å²) in [4.78, 5) is 156. The van der Waals surface area contributed by atoms with Gasteiger partial charge in [-0.25, -0.2) is 4.79 Å². The molecule has 0 aromatic rings. The zero-order chi connectivity index (χ0) is 54.5. The molecule has 0 heterocycles. The van der Waals surface area contributed by atoms with Crippen LogP contribution in [0.4, 0.5) is 0 Å². The molecule has 71 heavy (non-hydrogen) atoms. The topological polar surface area (TPSA) is 565 Å². The summed E-state index contributed by atoms with van der Waals surface area (Å²) in [5.41, 5.74) is 27.2. The van der Waals surface area contributed by atoms with Crippen LogP contribution < -0.4 is 71.2 Å². The van der Waals surface area contributed by atoms with Crippen molar-refractivity contribution in [3.05, 3.63) is 0 Å². The molecule has 0 spiro atoms. The average Bonchev–Trinajstić information content (AvgIpc) is 3.27. The van der Waals surface area contributed by atoms with E-state index in [-0.39, 0.29) is 31.8 Å². The summed E-state index contributed by atoms with van der Waals surface area (Å²) in [6, 6.07) is -13.7. The fraction of sp³-hybridized carbons (Fsp3) is 0.667. The normalized spacial score (nSPS) is 15.1. The molecular weight excluding hydrogens is 953 g/mol. The third kappa shape index (κ3) is 26.3. The van der Waals surface area contributed by atoms with E-state index >= 15 is 0 Å². The predicted octanol–water partition coefficient (Wildman–Crippen LogP) is -9.55. The van der Waals surface area contributed by atoms with E-state index in [1.54, 1.807) is 0 Å². The Morgan fingerprint density at radius 3 is 1.44 bits per heavy atom. The Kier molecular flexibility index (Phi) is 29.9. The van der Waals surface area contributed by atoms with Gasteiger partial charge in [0, 0.05) is 19.4 Å². The van der Waals surface area contributed by atoms with Crippen LogP contribution in [0.5, 0.6) is 0 Å². The zero-order valence-corrected chi connectivity index (χ0v) is 39.1. The Hall–Kier alpha value is -7.29. The number of aliphatic hydroxyl groups is 3. The van der Waals surface area contributed by atoms with E-state index < -0.39 is 177 Å². The highest BCUT2D eigenvalue weighted by Gasteiger charge is 2.36. The largest absolute Gasteiger partial charge is 0.481 e. The van der Waals surface area contributed by atoms with Crippen LogP contribution in [-0.2, 0) is 57.5 Å². The van der Waals surface area contributed by atoms with Gasteiger partial charge in [-0.2, -0.15) is 0 Å². The minimum Gasteiger partial charge on any atom is -0.481 e. The van der Waals surface area contributed by atoms with Crippen LogP contribution in [0.2, 0.25) is 0 Å². The number of hydrogen-bond donors (Lipinski definition) is 19. The summed E-state index contributed by atoms with van der Waals surface area (Å²) in [5, 5.41) is 75.1. The van der Waals surface area contributed by atoms with Crippen LogP contribution in [0, 0.1) is 0 Å². The van der Waals surface area contributed by atoms with Gasteiger partial charge >= 0.3 is 17.9 Å². The van der Waals surface area contributed by atoms with Gasteiger partial charge in [0.1, 0.15) is 42.3 Å². The molecule has 24 N–H and O–H groups in total. The SMILES string of the molecule is C[C@@H](O)[C@H](NC(=O)[C@H](CCC(=O)O)NC(=O)[C@H](CCC(=O)O)NC(=O)[C@@H](NC(=O)[C@@H](N)CCCCN)[C@@H](C)O)C(=O)NCC(=O)N[C@@H](CC(N)=O)C(=O)N[C@@H](CCCN=C(N)N)C(=O)N[C@@H](CO)C(=O)O. The van der Waals surface area contributed by atoms with E-state index in [0.717, 1.165) is 13.8 Å². The van der Waals surface area contributed by atoms with Gasteiger partial charge in [0.2, 0.25) is 53.2 Å². The lowest BCUT2D eigenvalue weighted by atomic mass is 10.0. The molecule has 0 saturated carbocycles. The van der Waals surface area contributed by atoms with Crippen LogP contribution in [0.3, 0.4) is 0 Å². The first-order valence-corrected chi connectivity index (χ1v) is 22.0. The second kappa shape index (κ2) is 33.3. The molecule has 0 unspecified atom stereocenters. The number of guanidine groups is 1. The molecule has 9 amide bonds. The number of carboxylic acids is 3. The minimum absolute atomic E-state index is 0.0195. The first-order chi connectivity index (χ1) is 33.1.